The maximum atomic E-state index is 5.81. The Bertz CT molecular complexity index is 652. The van der Waals surface area contributed by atoms with Gasteiger partial charge in [-0.2, -0.15) is 0 Å². The van der Waals surface area contributed by atoms with Crippen molar-refractivity contribution in [3.8, 4) is 11.5 Å². The van der Waals surface area contributed by atoms with Crippen LogP contribution in [0.25, 0.3) is 0 Å². The first kappa shape index (κ1) is 14.8. The number of rotatable bonds is 5. The second-order valence-electron chi connectivity index (χ2n) is 5.86. The molecule has 2 N–H and O–H groups in total. The van der Waals surface area contributed by atoms with E-state index in [1.165, 1.54) is 36.8 Å². The lowest BCUT2D eigenvalue weighted by Gasteiger charge is -2.17. The van der Waals surface area contributed by atoms with Gasteiger partial charge in [-0.15, -0.1) is 0 Å². The minimum Gasteiger partial charge on any atom is -0.490 e. The van der Waals surface area contributed by atoms with Crippen LogP contribution in [0.15, 0.2) is 36.4 Å². The lowest BCUT2D eigenvalue weighted by atomic mass is 9.92. The van der Waals surface area contributed by atoms with E-state index in [1.807, 2.05) is 25.1 Å². The number of hydrogen-bond acceptors (Lipinski definition) is 3. The van der Waals surface area contributed by atoms with Gasteiger partial charge in [-0.25, -0.2) is 0 Å². The second-order valence-corrected chi connectivity index (χ2v) is 5.86. The first-order valence-electron chi connectivity index (χ1n) is 7.96. The smallest absolute Gasteiger partial charge is 0.124 e. The predicted molar refractivity (Wildman–Crippen MR) is 89.7 cm³/mol. The van der Waals surface area contributed by atoms with Crippen molar-refractivity contribution in [2.75, 3.05) is 18.9 Å². The summed E-state index contributed by atoms with van der Waals surface area (Å²) < 4.78 is 11.6. The molecule has 0 saturated heterocycles. The summed E-state index contributed by atoms with van der Waals surface area (Å²) in [4.78, 5) is 0. The molecule has 3 rings (SSSR count). The molecule has 3 heteroatoms. The molecule has 2 aromatic rings. The molecular weight excluding hydrogens is 274 g/mol. The number of benzene rings is 2. The van der Waals surface area contributed by atoms with Gasteiger partial charge in [0.05, 0.1) is 0 Å². The molecule has 0 amide bonds. The standard InChI is InChI=1S/C19H23NO2/c1-14-6-8-17(20)13-19(14)22-11-10-21-18-9-7-15-4-2-3-5-16(15)12-18/h6-9,12-13H,2-5,10-11,20H2,1H3. The first-order chi connectivity index (χ1) is 10.7. The van der Waals surface area contributed by atoms with Crippen molar-refractivity contribution in [3.63, 3.8) is 0 Å². The highest BCUT2D eigenvalue weighted by Gasteiger charge is 2.09. The fourth-order valence-electron chi connectivity index (χ4n) is 2.88. The molecule has 0 aliphatic heterocycles. The highest BCUT2D eigenvalue weighted by Crippen LogP contribution is 2.25. The summed E-state index contributed by atoms with van der Waals surface area (Å²) in [6.45, 7) is 3.06. The van der Waals surface area contributed by atoms with Crippen LogP contribution in [0.5, 0.6) is 11.5 Å². The molecule has 0 bridgehead atoms. The van der Waals surface area contributed by atoms with Crippen molar-refractivity contribution < 1.29 is 9.47 Å². The van der Waals surface area contributed by atoms with Crippen molar-refractivity contribution >= 4 is 5.69 Å². The van der Waals surface area contributed by atoms with E-state index in [9.17, 15) is 0 Å². The summed E-state index contributed by atoms with van der Waals surface area (Å²) in [5.41, 5.74) is 10.5. The summed E-state index contributed by atoms with van der Waals surface area (Å²) in [5.74, 6) is 1.77. The van der Waals surface area contributed by atoms with Crippen molar-refractivity contribution in [3.05, 3.63) is 53.1 Å². The molecule has 22 heavy (non-hydrogen) atoms. The number of anilines is 1. The maximum Gasteiger partial charge on any atom is 0.124 e. The summed E-state index contributed by atoms with van der Waals surface area (Å²) in [7, 11) is 0. The summed E-state index contributed by atoms with van der Waals surface area (Å²) >= 11 is 0. The van der Waals surface area contributed by atoms with E-state index in [1.54, 1.807) is 0 Å². The van der Waals surface area contributed by atoms with E-state index < -0.39 is 0 Å². The van der Waals surface area contributed by atoms with E-state index >= 15 is 0 Å². The number of fused-ring (bicyclic) bond motifs is 1. The molecule has 0 aromatic heterocycles. The Morgan fingerprint density at radius 1 is 0.909 bits per heavy atom. The van der Waals surface area contributed by atoms with Gasteiger partial charge in [-0.05, 0) is 67.5 Å². The number of aryl methyl sites for hydroxylation is 3. The van der Waals surface area contributed by atoms with Crippen LogP contribution in [0.4, 0.5) is 5.69 Å². The van der Waals surface area contributed by atoms with Gasteiger partial charge in [0.15, 0.2) is 0 Å². The average Bonchev–Trinajstić information content (AvgIpc) is 2.54. The zero-order valence-electron chi connectivity index (χ0n) is 13.1. The molecule has 2 aromatic carbocycles. The molecule has 0 radical (unpaired) electrons. The van der Waals surface area contributed by atoms with Crippen LogP contribution in [0.1, 0.15) is 29.5 Å². The van der Waals surface area contributed by atoms with Crippen molar-refractivity contribution in [1.29, 1.82) is 0 Å². The molecule has 0 saturated carbocycles. The van der Waals surface area contributed by atoms with Gasteiger partial charge in [-0.1, -0.05) is 12.1 Å². The molecule has 116 valence electrons. The Hall–Kier alpha value is -2.16. The number of nitrogens with two attached hydrogens (primary N) is 1. The zero-order chi connectivity index (χ0) is 15.4. The van der Waals surface area contributed by atoms with Gasteiger partial charge >= 0.3 is 0 Å². The largest absolute Gasteiger partial charge is 0.490 e. The number of ether oxygens (including phenoxy) is 2. The Labute approximate surface area is 132 Å². The van der Waals surface area contributed by atoms with Crippen molar-refractivity contribution in [2.24, 2.45) is 0 Å². The minimum absolute atomic E-state index is 0.515. The monoisotopic (exact) mass is 297 g/mol. The molecule has 0 fully saturated rings. The highest BCUT2D eigenvalue weighted by molar-refractivity contribution is 5.47. The van der Waals surface area contributed by atoms with Gasteiger partial charge in [0.2, 0.25) is 0 Å². The Morgan fingerprint density at radius 2 is 1.68 bits per heavy atom. The molecule has 0 unspecified atom stereocenters. The van der Waals surface area contributed by atoms with Gasteiger partial charge in [0.1, 0.15) is 24.7 Å². The molecule has 0 spiro atoms. The quantitative estimate of drug-likeness (QED) is 0.672. The van der Waals surface area contributed by atoms with E-state index in [2.05, 4.69) is 18.2 Å². The third-order valence-corrected chi connectivity index (χ3v) is 4.14. The molecule has 1 aliphatic rings. The predicted octanol–water partition coefficient (Wildman–Crippen LogP) is 3.91. The lowest BCUT2D eigenvalue weighted by molar-refractivity contribution is 0.216. The van der Waals surface area contributed by atoms with E-state index in [-0.39, 0.29) is 0 Å². The van der Waals surface area contributed by atoms with Crippen LogP contribution in [0.3, 0.4) is 0 Å². The Kier molecular flexibility index (Phi) is 4.52. The fraction of sp³-hybridized carbons (Fsp3) is 0.368. The van der Waals surface area contributed by atoms with Crippen LogP contribution in [0.2, 0.25) is 0 Å². The van der Waals surface area contributed by atoms with Gasteiger partial charge in [0, 0.05) is 11.8 Å². The van der Waals surface area contributed by atoms with Crippen LogP contribution < -0.4 is 15.2 Å². The summed E-state index contributed by atoms with van der Waals surface area (Å²) in [5, 5.41) is 0. The lowest BCUT2D eigenvalue weighted by Crippen LogP contribution is -2.10. The van der Waals surface area contributed by atoms with Crippen molar-refractivity contribution in [2.45, 2.75) is 32.6 Å². The average molecular weight is 297 g/mol. The molecule has 3 nitrogen and oxygen atoms in total. The molecule has 0 atom stereocenters. The second kappa shape index (κ2) is 6.73. The minimum atomic E-state index is 0.515. The van der Waals surface area contributed by atoms with Crippen LogP contribution in [-0.2, 0) is 12.8 Å². The third kappa shape index (κ3) is 3.53. The first-order valence-corrected chi connectivity index (χ1v) is 7.96. The normalized spacial score (nSPS) is 13.5. The van der Waals surface area contributed by atoms with Crippen LogP contribution in [-0.4, -0.2) is 13.2 Å². The van der Waals surface area contributed by atoms with Crippen LogP contribution in [0, 0.1) is 6.92 Å². The van der Waals surface area contributed by atoms with Gasteiger partial charge in [0.25, 0.3) is 0 Å². The molecular formula is C19H23NO2. The zero-order valence-corrected chi connectivity index (χ0v) is 13.1. The highest BCUT2D eigenvalue weighted by atomic mass is 16.5. The molecule has 1 aliphatic carbocycles. The van der Waals surface area contributed by atoms with E-state index in [0.717, 1.165) is 22.7 Å². The third-order valence-electron chi connectivity index (χ3n) is 4.14. The number of nitrogen functional groups attached to an aromatic ring is 1. The topological polar surface area (TPSA) is 44.5 Å². The fourth-order valence-corrected chi connectivity index (χ4v) is 2.88. The SMILES string of the molecule is Cc1ccc(N)cc1OCCOc1ccc2c(c1)CCCC2. The maximum absolute atomic E-state index is 5.81. The van der Waals surface area contributed by atoms with E-state index in [4.69, 9.17) is 15.2 Å². The Balaban J connectivity index is 1.52. The van der Waals surface area contributed by atoms with Crippen molar-refractivity contribution in [1.82, 2.24) is 0 Å². The number of hydrogen-bond donors (Lipinski definition) is 1. The van der Waals surface area contributed by atoms with E-state index in [0.29, 0.717) is 13.2 Å². The van der Waals surface area contributed by atoms with Gasteiger partial charge < -0.3 is 15.2 Å². The van der Waals surface area contributed by atoms with Crippen LogP contribution >= 0.6 is 0 Å². The molecule has 0 heterocycles. The summed E-state index contributed by atoms with van der Waals surface area (Å²) in [6, 6.07) is 12.2. The Morgan fingerprint density at radius 3 is 2.55 bits per heavy atom. The summed E-state index contributed by atoms with van der Waals surface area (Å²) in [6.07, 6.45) is 4.97. The van der Waals surface area contributed by atoms with Gasteiger partial charge in [-0.3, -0.25) is 0 Å².